The summed E-state index contributed by atoms with van der Waals surface area (Å²) in [4.78, 5) is 35.5. The van der Waals surface area contributed by atoms with Crippen LogP contribution in [0, 0.1) is 5.92 Å². The number of nitrogens with one attached hydrogen (secondary N) is 2. The summed E-state index contributed by atoms with van der Waals surface area (Å²) in [5.41, 5.74) is 1.62. The van der Waals surface area contributed by atoms with Gasteiger partial charge in [0.2, 0.25) is 5.91 Å². The van der Waals surface area contributed by atoms with E-state index in [1.54, 1.807) is 48.5 Å². The van der Waals surface area contributed by atoms with E-state index in [2.05, 4.69) is 10.6 Å². The van der Waals surface area contributed by atoms with Crippen LogP contribution < -0.4 is 15.4 Å². The molecule has 2 aromatic rings. The van der Waals surface area contributed by atoms with E-state index in [1.807, 2.05) is 6.08 Å². The third-order valence-electron chi connectivity index (χ3n) is 4.69. The fraction of sp³-hybridized carbons (Fsp3) is 0.261. The van der Waals surface area contributed by atoms with Gasteiger partial charge in [0.05, 0.1) is 0 Å². The molecule has 2 amide bonds. The highest BCUT2D eigenvalue weighted by Gasteiger charge is 2.12. The van der Waals surface area contributed by atoms with Gasteiger partial charge in [-0.05, 0) is 67.3 Å². The van der Waals surface area contributed by atoms with Gasteiger partial charge in [0, 0.05) is 23.9 Å². The number of amides is 2. The Hall–Kier alpha value is -3.41. The van der Waals surface area contributed by atoms with E-state index in [-0.39, 0.29) is 11.8 Å². The van der Waals surface area contributed by atoms with Crippen molar-refractivity contribution in [1.82, 2.24) is 0 Å². The number of anilines is 2. The zero-order valence-electron chi connectivity index (χ0n) is 16.3. The molecule has 0 atom stereocenters. The fourth-order valence-corrected chi connectivity index (χ4v) is 3.26. The van der Waals surface area contributed by atoms with Gasteiger partial charge in [-0.3, -0.25) is 14.4 Å². The van der Waals surface area contributed by atoms with Gasteiger partial charge >= 0.3 is 5.97 Å². The molecule has 1 aliphatic rings. The summed E-state index contributed by atoms with van der Waals surface area (Å²) in [6.07, 6.45) is 8.36. The van der Waals surface area contributed by atoms with Crippen molar-refractivity contribution in [3.05, 3.63) is 66.2 Å². The molecule has 0 radical (unpaired) electrons. The molecule has 1 saturated carbocycles. The van der Waals surface area contributed by atoms with E-state index >= 15 is 0 Å². The van der Waals surface area contributed by atoms with Gasteiger partial charge in [0.1, 0.15) is 5.75 Å². The molecule has 6 nitrogen and oxygen atoms in total. The maximum Gasteiger partial charge on any atom is 0.308 e. The van der Waals surface area contributed by atoms with Crippen LogP contribution in [0.15, 0.2) is 60.7 Å². The average Bonchev–Trinajstić information content (AvgIpc) is 3.21. The third kappa shape index (κ3) is 6.31. The van der Waals surface area contributed by atoms with Crippen LogP contribution in [-0.4, -0.2) is 17.8 Å². The first-order valence-electron chi connectivity index (χ1n) is 9.69. The van der Waals surface area contributed by atoms with Crippen molar-refractivity contribution < 1.29 is 19.1 Å². The number of rotatable bonds is 6. The highest BCUT2D eigenvalue weighted by Crippen LogP contribution is 2.25. The lowest BCUT2D eigenvalue weighted by atomic mass is 10.1. The highest BCUT2D eigenvalue weighted by molar-refractivity contribution is 6.05. The number of carbonyl (C=O) groups excluding carboxylic acids is 3. The Kier molecular flexibility index (Phi) is 6.79. The second-order valence-corrected chi connectivity index (χ2v) is 7.05. The van der Waals surface area contributed by atoms with Gasteiger partial charge in [-0.2, -0.15) is 0 Å². The maximum absolute atomic E-state index is 12.4. The summed E-state index contributed by atoms with van der Waals surface area (Å²) in [5, 5.41) is 5.59. The molecule has 0 bridgehead atoms. The normalized spacial score (nSPS) is 14.0. The first kappa shape index (κ1) is 20.3. The largest absolute Gasteiger partial charge is 0.427 e. The van der Waals surface area contributed by atoms with Gasteiger partial charge in [-0.15, -0.1) is 0 Å². The zero-order chi connectivity index (χ0) is 20.6. The van der Waals surface area contributed by atoms with Gasteiger partial charge < -0.3 is 15.4 Å². The summed E-state index contributed by atoms with van der Waals surface area (Å²) in [6, 6.07) is 13.3. The molecule has 0 unspecified atom stereocenters. The predicted octanol–water partition coefficient (Wildman–Crippen LogP) is 4.55. The van der Waals surface area contributed by atoms with Crippen LogP contribution in [0.5, 0.6) is 5.75 Å². The molecule has 1 aliphatic carbocycles. The lowest BCUT2D eigenvalue weighted by Gasteiger charge is -2.08. The minimum atomic E-state index is -0.446. The molecule has 0 spiro atoms. The Morgan fingerprint density at radius 1 is 0.966 bits per heavy atom. The van der Waals surface area contributed by atoms with E-state index in [4.69, 9.17) is 4.74 Å². The predicted molar refractivity (Wildman–Crippen MR) is 112 cm³/mol. The average molecular weight is 392 g/mol. The number of benzene rings is 2. The molecule has 1 fully saturated rings. The molecule has 2 aromatic carbocycles. The Labute approximate surface area is 170 Å². The summed E-state index contributed by atoms with van der Waals surface area (Å²) in [5.74, 6) is -0.101. The molecule has 0 heterocycles. The van der Waals surface area contributed by atoms with Crippen LogP contribution in [-0.2, 0) is 9.59 Å². The topological polar surface area (TPSA) is 84.5 Å². The summed E-state index contributed by atoms with van der Waals surface area (Å²) in [6.45, 7) is 1.30. The van der Waals surface area contributed by atoms with Crippen molar-refractivity contribution >= 4 is 29.2 Å². The number of allylic oxidation sites excluding steroid dienone is 1. The lowest BCUT2D eigenvalue weighted by molar-refractivity contribution is -0.131. The first-order chi connectivity index (χ1) is 14.0. The number of ether oxygens (including phenoxy) is 1. The molecule has 3 rings (SSSR count). The first-order valence-corrected chi connectivity index (χ1v) is 9.69. The highest BCUT2D eigenvalue weighted by atomic mass is 16.5. The van der Waals surface area contributed by atoms with Crippen molar-refractivity contribution in [2.45, 2.75) is 32.6 Å². The SMILES string of the molecule is CC(=O)Oc1cccc(C(=O)Nc2ccc(NC(=O)/C=C/C3CCCC3)cc2)c1. The molecule has 29 heavy (non-hydrogen) atoms. The molecule has 150 valence electrons. The zero-order valence-corrected chi connectivity index (χ0v) is 16.3. The molecule has 2 N–H and O–H groups in total. The van der Waals surface area contributed by atoms with Gasteiger partial charge in [0.25, 0.3) is 5.91 Å². The van der Waals surface area contributed by atoms with E-state index in [0.717, 1.165) is 12.8 Å². The minimum Gasteiger partial charge on any atom is -0.427 e. The fourth-order valence-electron chi connectivity index (χ4n) is 3.26. The molecule has 0 aliphatic heterocycles. The van der Waals surface area contributed by atoms with Gasteiger partial charge in [-0.25, -0.2) is 0 Å². The van der Waals surface area contributed by atoms with Crippen molar-refractivity contribution in [1.29, 1.82) is 0 Å². The standard InChI is InChI=1S/C23H24N2O4/c1-16(26)29-21-8-4-7-18(15-21)23(28)25-20-12-10-19(11-13-20)24-22(27)14-9-17-5-2-3-6-17/h4,7-15,17H,2-3,5-6H2,1H3,(H,24,27)(H,25,28)/b14-9+. The van der Waals surface area contributed by atoms with Crippen molar-refractivity contribution in [2.75, 3.05) is 10.6 Å². The van der Waals surface area contributed by atoms with Crippen molar-refractivity contribution in [2.24, 2.45) is 5.92 Å². The number of carbonyl (C=O) groups is 3. The van der Waals surface area contributed by atoms with Gasteiger partial charge in [-0.1, -0.05) is 25.0 Å². The Morgan fingerprint density at radius 2 is 1.62 bits per heavy atom. The molecule has 0 aromatic heterocycles. The Morgan fingerprint density at radius 3 is 2.28 bits per heavy atom. The van der Waals surface area contributed by atoms with E-state index in [9.17, 15) is 14.4 Å². The number of hydrogen-bond acceptors (Lipinski definition) is 4. The van der Waals surface area contributed by atoms with Crippen LogP contribution in [0.25, 0.3) is 0 Å². The molecule has 0 saturated heterocycles. The van der Waals surface area contributed by atoms with Crippen LogP contribution >= 0.6 is 0 Å². The Bertz CT molecular complexity index is 913. The van der Waals surface area contributed by atoms with Crippen LogP contribution in [0.1, 0.15) is 43.0 Å². The van der Waals surface area contributed by atoms with E-state index < -0.39 is 5.97 Å². The second kappa shape index (κ2) is 9.68. The molecule has 6 heteroatoms. The van der Waals surface area contributed by atoms with E-state index in [1.165, 1.54) is 25.8 Å². The van der Waals surface area contributed by atoms with E-state index in [0.29, 0.717) is 28.6 Å². The Balaban J connectivity index is 1.55. The van der Waals surface area contributed by atoms with Crippen LogP contribution in [0.2, 0.25) is 0 Å². The third-order valence-corrected chi connectivity index (χ3v) is 4.69. The summed E-state index contributed by atoms with van der Waals surface area (Å²) >= 11 is 0. The summed E-state index contributed by atoms with van der Waals surface area (Å²) < 4.78 is 5.00. The smallest absolute Gasteiger partial charge is 0.308 e. The quantitative estimate of drug-likeness (QED) is 0.429. The monoisotopic (exact) mass is 392 g/mol. The number of esters is 1. The number of hydrogen-bond donors (Lipinski definition) is 2. The second-order valence-electron chi connectivity index (χ2n) is 7.05. The van der Waals surface area contributed by atoms with Crippen molar-refractivity contribution in [3.63, 3.8) is 0 Å². The molecular weight excluding hydrogens is 368 g/mol. The maximum atomic E-state index is 12.4. The molecular formula is C23H24N2O4. The van der Waals surface area contributed by atoms with Crippen LogP contribution in [0.4, 0.5) is 11.4 Å². The van der Waals surface area contributed by atoms with Crippen molar-refractivity contribution in [3.8, 4) is 5.75 Å². The lowest BCUT2D eigenvalue weighted by Crippen LogP contribution is -2.13. The minimum absolute atomic E-state index is 0.157. The van der Waals surface area contributed by atoms with Gasteiger partial charge in [0.15, 0.2) is 0 Å². The van der Waals surface area contributed by atoms with Crippen LogP contribution in [0.3, 0.4) is 0 Å². The summed E-state index contributed by atoms with van der Waals surface area (Å²) in [7, 11) is 0.